The van der Waals surface area contributed by atoms with Crippen molar-refractivity contribution in [3.63, 3.8) is 0 Å². The smallest absolute Gasteiger partial charge is 0.112 e. The highest BCUT2D eigenvalue weighted by molar-refractivity contribution is 5.07. The van der Waals surface area contributed by atoms with Crippen molar-refractivity contribution < 1.29 is 4.74 Å². The topological polar surface area (TPSA) is 9.23 Å². The van der Waals surface area contributed by atoms with E-state index in [0.29, 0.717) is 12.4 Å². The first kappa shape index (κ1) is 11.0. The minimum Gasteiger partial charge on any atom is -0.490 e. The van der Waals surface area contributed by atoms with Gasteiger partial charge in [0.15, 0.2) is 0 Å². The van der Waals surface area contributed by atoms with Crippen molar-refractivity contribution >= 4 is 0 Å². The molecule has 0 saturated carbocycles. The van der Waals surface area contributed by atoms with E-state index in [0.717, 1.165) is 6.42 Å². The highest BCUT2D eigenvalue weighted by Crippen LogP contribution is 2.00. The van der Waals surface area contributed by atoms with Crippen LogP contribution in [-0.4, -0.2) is 6.61 Å². The average molecular weight is 166 g/mol. The fourth-order valence-electron chi connectivity index (χ4n) is 0.751. The predicted octanol–water partition coefficient (Wildman–Crippen LogP) is 3.45. The van der Waals surface area contributed by atoms with Crippen molar-refractivity contribution in [2.24, 2.45) is 0 Å². The summed E-state index contributed by atoms with van der Waals surface area (Å²) in [6, 6.07) is 0. The molecule has 0 atom stereocenters. The molecule has 1 heteroatoms. The summed E-state index contributed by atoms with van der Waals surface area (Å²) in [5.41, 5.74) is 0. The molecule has 0 fully saturated rings. The van der Waals surface area contributed by atoms with Gasteiger partial charge < -0.3 is 4.74 Å². The summed E-state index contributed by atoms with van der Waals surface area (Å²) in [5, 5.41) is 0. The molecule has 0 unspecified atom stereocenters. The fraction of sp³-hybridized carbons (Fsp3) is 0.455. The Morgan fingerprint density at radius 1 is 1.50 bits per heavy atom. The standard InChI is InChI=1S/C11H18O/c1-4-6-7-8-9-11(3)12-10-5-2/h5,8-9H,2-4,6-7,10H2,1H3. The van der Waals surface area contributed by atoms with Crippen molar-refractivity contribution in [3.8, 4) is 0 Å². The third-order valence-corrected chi connectivity index (χ3v) is 1.41. The van der Waals surface area contributed by atoms with Crippen molar-refractivity contribution in [1.29, 1.82) is 0 Å². The lowest BCUT2D eigenvalue weighted by Gasteiger charge is -2.00. The van der Waals surface area contributed by atoms with Crippen molar-refractivity contribution in [3.05, 3.63) is 37.1 Å². The van der Waals surface area contributed by atoms with Gasteiger partial charge in [-0.15, -0.1) is 0 Å². The van der Waals surface area contributed by atoms with E-state index >= 15 is 0 Å². The largest absolute Gasteiger partial charge is 0.490 e. The van der Waals surface area contributed by atoms with E-state index < -0.39 is 0 Å². The quantitative estimate of drug-likeness (QED) is 0.243. The maximum Gasteiger partial charge on any atom is 0.112 e. The van der Waals surface area contributed by atoms with Gasteiger partial charge in [0.25, 0.3) is 0 Å². The summed E-state index contributed by atoms with van der Waals surface area (Å²) in [4.78, 5) is 0. The molecule has 0 aliphatic carbocycles. The van der Waals surface area contributed by atoms with Crippen LogP contribution in [0.4, 0.5) is 0 Å². The Bertz CT molecular complexity index is 156. The van der Waals surface area contributed by atoms with E-state index in [-0.39, 0.29) is 0 Å². The van der Waals surface area contributed by atoms with Crippen LogP contribution in [0.1, 0.15) is 26.2 Å². The van der Waals surface area contributed by atoms with E-state index in [2.05, 4.69) is 26.2 Å². The van der Waals surface area contributed by atoms with E-state index in [1.54, 1.807) is 6.08 Å². The molecule has 0 aliphatic heterocycles. The maximum atomic E-state index is 5.17. The zero-order valence-corrected chi connectivity index (χ0v) is 7.88. The summed E-state index contributed by atoms with van der Waals surface area (Å²) < 4.78 is 5.17. The fourth-order valence-corrected chi connectivity index (χ4v) is 0.751. The molecule has 0 spiro atoms. The van der Waals surface area contributed by atoms with Crippen molar-refractivity contribution in [2.45, 2.75) is 26.2 Å². The molecule has 68 valence electrons. The summed E-state index contributed by atoms with van der Waals surface area (Å²) in [7, 11) is 0. The van der Waals surface area contributed by atoms with Gasteiger partial charge in [0.05, 0.1) is 0 Å². The summed E-state index contributed by atoms with van der Waals surface area (Å²) in [6.07, 6.45) is 9.28. The lowest BCUT2D eigenvalue weighted by Crippen LogP contribution is -1.86. The zero-order valence-electron chi connectivity index (χ0n) is 7.88. The van der Waals surface area contributed by atoms with Gasteiger partial charge in [0, 0.05) is 0 Å². The number of unbranched alkanes of at least 4 members (excludes halogenated alkanes) is 2. The Hall–Kier alpha value is -0.980. The second-order valence-corrected chi connectivity index (χ2v) is 2.61. The van der Waals surface area contributed by atoms with E-state index in [1.165, 1.54) is 12.8 Å². The first-order chi connectivity index (χ1) is 5.81. The molecule has 12 heavy (non-hydrogen) atoms. The second kappa shape index (κ2) is 8.12. The monoisotopic (exact) mass is 166 g/mol. The van der Waals surface area contributed by atoms with Crippen LogP contribution < -0.4 is 0 Å². The summed E-state index contributed by atoms with van der Waals surface area (Å²) in [6.45, 7) is 10.0. The third kappa shape index (κ3) is 7.13. The van der Waals surface area contributed by atoms with Crippen LogP contribution in [0, 0.1) is 0 Å². The van der Waals surface area contributed by atoms with Crippen LogP contribution in [0.15, 0.2) is 37.1 Å². The first-order valence-corrected chi connectivity index (χ1v) is 4.40. The van der Waals surface area contributed by atoms with Crippen molar-refractivity contribution in [2.75, 3.05) is 6.61 Å². The third-order valence-electron chi connectivity index (χ3n) is 1.41. The van der Waals surface area contributed by atoms with Crippen molar-refractivity contribution in [1.82, 2.24) is 0 Å². The second-order valence-electron chi connectivity index (χ2n) is 2.61. The van der Waals surface area contributed by atoms with E-state index in [1.807, 2.05) is 6.08 Å². The SMILES string of the molecule is C=CCOC(=C)C=CCCCC. The Balaban J connectivity index is 3.40. The van der Waals surface area contributed by atoms with Gasteiger partial charge in [0.2, 0.25) is 0 Å². The number of hydrogen-bond donors (Lipinski definition) is 0. The molecular weight excluding hydrogens is 148 g/mol. The molecule has 0 N–H and O–H groups in total. The lowest BCUT2D eigenvalue weighted by atomic mass is 10.2. The normalized spacial score (nSPS) is 10.1. The van der Waals surface area contributed by atoms with Crippen LogP contribution in [0.3, 0.4) is 0 Å². The highest BCUT2D eigenvalue weighted by Gasteiger charge is 1.84. The number of ether oxygens (including phenoxy) is 1. The Morgan fingerprint density at radius 3 is 2.83 bits per heavy atom. The molecule has 0 amide bonds. The molecule has 0 radical (unpaired) electrons. The van der Waals surface area contributed by atoms with Crippen LogP contribution in [0.5, 0.6) is 0 Å². The Kier molecular flexibility index (Phi) is 7.46. The minimum absolute atomic E-state index is 0.539. The van der Waals surface area contributed by atoms with Gasteiger partial charge >= 0.3 is 0 Å². The van der Waals surface area contributed by atoms with Gasteiger partial charge in [-0.1, -0.05) is 45.1 Å². The molecule has 0 aromatic carbocycles. The zero-order chi connectivity index (χ0) is 9.23. The van der Waals surface area contributed by atoms with Crippen LogP contribution in [0.25, 0.3) is 0 Å². The van der Waals surface area contributed by atoms with Gasteiger partial charge in [-0.3, -0.25) is 0 Å². The van der Waals surface area contributed by atoms with Crippen LogP contribution in [-0.2, 0) is 4.74 Å². The molecule has 0 aliphatic rings. The van der Waals surface area contributed by atoms with Crippen LogP contribution >= 0.6 is 0 Å². The van der Waals surface area contributed by atoms with Gasteiger partial charge in [-0.25, -0.2) is 0 Å². The number of hydrogen-bond acceptors (Lipinski definition) is 1. The molecule has 0 heterocycles. The molecule has 0 rings (SSSR count). The summed E-state index contributed by atoms with van der Waals surface area (Å²) >= 11 is 0. The predicted molar refractivity (Wildman–Crippen MR) is 54.0 cm³/mol. The Labute approximate surface area is 75.4 Å². The number of rotatable bonds is 7. The van der Waals surface area contributed by atoms with Gasteiger partial charge in [0.1, 0.15) is 12.4 Å². The lowest BCUT2D eigenvalue weighted by molar-refractivity contribution is 0.263. The first-order valence-electron chi connectivity index (χ1n) is 4.40. The number of allylic oxidation sites excluding steroid dienone is 2. The molecule has 0 saturated heterocycles. The molecule has 0 bridgehead atoms. The maximum absolute atomic E-state index is 5.17. The average Bonchev–Trinajstić information content (AvgIpc) is 2.09. The molecule has 0 aromatic rings. The summed E-state index contributed by atoms with van der Waals surface area (Å²) in [5.74, 6) is 0.714. The van der Waals surface area contributed by atoms with E-state index in [9.17, 15) is 0 Å². The van der Waals surface area contributed by atoms with E-state index in [4.69, 9.17) is 4.74 Å². The highest BCUT2D eigenvalue weighted by atomic mass is 16.5. The molecule has 0 aromatic heterocycles. The Morgan fingerprint density at radius 2 is 2.25 bits per heavy atom. The minimum atomic E-state index is 0.539. The van der Waals surface area contributed by atoms with Gasteiger partial charge in [-0.05, 0) is 12.5 Å². The van der Waals surface area contributed by atoms with Crippen LogP contribution in [0.2, 0.25) is 0 Å². The molecule has 1 nitrogen and oxygen atoms in total. The van der Waals surface area contributed by atoms with Gasteiger partial charge in [-0.2, -0.15) is 0 Å². The molecular formula is C11H18O.